The molecule has 0 amide bonds. The second kappa shape index (κ2) is 4.51. The molecule has 1 aliphatic carbocycles. The van der Waals surface area contributed by atoms with Crippen LogP contribution in [0, 0.1) is 10.1 Å². The highest BCUT2D eigenvalue weighted by Crippen LogP contribution is 2.48. The summed E-state index contributed by atoms with van der Waals surface area (Å²) >= 11 is 0. The molecule has 1 aliphatic rings. The van der Waals surface area contributed by atoms with Crippen LogP contribution < -0.4 is 4.74 Å². The quantitative estimate of drug-likeness (QED) is 0.624. The highest BCUT2D eigenvalue weighted by molar-refractivity contribution is 5.85. The maximum absolute atomic E-state index is 11.4. The zero-order valence-electron chi connectivity index (χ0n) is 10.2. The van der Waals surface area contributed by atoms with Gasteiger partial charge in [-0.2, -0.15) is 0 Å². The first-order valence-corrected chi connectivity index (χ1v) is 5.65. The molecule has 0 bridgehead atoms. The van der Waals surface area contributed by atoms with Crippen LogP contribution in [0.1, 0.15) is 18.4 Å². The van der Waals surface area contributed by atoms with E-state index in [0.29, 0.717) is 5.75 Å². The third kappa shape index (κ3) is 2.01. The Kier molecular flexibility index (Phi) is 3.15. The Labute approximate surface area is 108 Å². The Balaban J connectivity index is 2.58. The van der Waals surface area contributed by atoms with Crippen molar-refractivity contribution in [3.63, 3.8) is 0 Å². The minimum absolute atomic E-state index is 0.0314. The van der Waals surface area contributed by atoms with Gasteiger partial charge in [0.05, 0.1) is 23.7 Å². The molecule has 1 saturated carbocycles. The third-order valence-corrected chi connectivity index (χ3v) is 3.49. The Bertz CT molecular complexity index is 535. The van der Waals surface area contributed by atoms with Gasteiger partial charge in [-0.15, -0.1) is 0 Å². The predicted octanol–water partition coefficient (Wildman–Crippen LogP) is 1.08. The smallest absolute Gasteiger partial charge is 0.314 e. The number of hydrogen-bond acceptors (Lipinski definition) is 5. The minimum atomic E-state index is -1.41. The SMILES string of the molecule is COc1ccc([N+](=O)[O-])c(C2(C(=O)O)CC(O)C2)c1. The molecule has 102 valence electrons. The number of carbonyl (C=O) groups is 1. The fraction of sp³-hybridized carbons (Fsp3) is 0.417. The number of ether oxygens (including phenoxy) is 1. The molecular formula is C12H13NO6. The summed E-state index contributed by atoms with van der Waals surface area (Å²) in [5.41, 5.74) is -1.60. The van der Waals surface area contributed by atoms with E-state index in [1.807, 2.05) is 0 Å². The molecule has 2 rings (SSSR count). The standard InChI is InChI=1S/C12H13NO6/c1-19-8-2-3-10(13(17)18)9(4-8)12(11(15)16)5-7(14)6-12/h2-4,7,14H,5-6H2,1H3,(H,15,16). The lowest BCUT2D eigenvalue weighted by Gasteiger charge is -2.41. The van der Waals surface area contributed by atoms with Gasteiger partial charge in [0, 0.05) is 6.07 Å². The van der Waals surface area contributed by atoms with Crippen LogP contribution in [0.5, 0.6) is 5.75 Å². The Morgan fingerprint density at radius 3 is 2.58 bits per heavy atom. The lowest BCUT2D eigenvalue weighted by atomic mass is 9.62. The Morgan fingerprint density at radius 1 is 1.53 bits per heavy atom. The molecule has 1 aromatic carbocycles. The fourth-order valence-corrected chi connectivity index (χ4v) is 2.44. The summed E-state index contributed by atoms with van der Waals surface area (Å²) in [6, 6.07) is 3.99. The summed E-state index contributed by atoms with van der Waals surface area (Å²) < 4.78 is 4.98. The zero-order valence-corrected chi connectivity index (χ0v) is 10.2. The largest absolute Gasteiger partial charge is 0.497 e. The summed E-state index contributed by atoms with van der Waals surface area (Å²) in [5, 5.41) is 29.8. The van der Waals surface area contributed by atoms with Crippen molar-refractivity contribution in [1.29, 1.82) is 0 Å². The van der Waals surface area contributed by atoms with Crippen molar-refractivity contribution in [2.45, 2.75) is 24.4 Å². The molecule has 7 heteroatoms. The van der Waals surface area contributed by atoms with Crippen LogP contribution >= 0.6 is 0 Å². The monoisotopic (exact) mass is 267 g/mol. The van der Waals surface area contributed by atoms with Crippen LogP contribution in [0.4, 0.5) is 5.69 Å². The van der Waals surface area contributed by atoms with E-state index in [1.54, 1.807) is 0 Å². The topological polar surface area (TPSA) is 110 Å². The Morgan fingerprint density at radius 2 is 2.16 bits per heavy atom. The van der Waals surface area contributed by atoms with E-state index in [0.717, 1.165) is 0 Å². The molecular weight excluding hydrogens is 254 g/mol. The highest BCUT2D eigenvalue weighted by Gasteiger charge is 2.54. The van der Waals surface area contributed by atoms with Gasteiger partial charge in [0.25, 0.3) is 5.69 Å². The average Bonchev–Trinajstić information content (AvgIpc) is 2.33. The maximum Gasteiger partial charge on any atom is 0.314 e. The van der Waals surface area contributed by atoms with Crippen LogP contribution in [0.25, 0.3) is 0 Å². The number of benzene rings is 1. The van der Waals surface area contributed by atoms with Crippen molar-refractivity contribution in [3.8, 4) is 5.75 Å². The van der Waals surface area contributed by atoms with Gasteiger partial charge < -0.3 is 14.9 Å². The molecule has 7 nitrogen and oxygen atoms in total. The normalized spacial score (nSPS) is 25.5. The number of aliphatic hydroxyl groups excluding tert-OH is 1. The van der Waals surface area contributed by atoms with Crippen molar-refractivity contribution in [2.24, 2.45) is 0 Å². The summed E-state index contributed by atoms with van der Waals surface area (Å²) in [6.07, 6.45) is -0.811. The number of nitro benzene ring substituents is 1. The van der Waals surface area contributed by atoms with Crippen molar-refractivity contribution < 1.29 is 24.7 Å². The molecule has 1 fully saturated rings. The molecule has 0 atom stereocenters. The third-order valence-electron chi connectivity index (χ3n) is 3.49. The van der Waals surface area contributed by atoms with E-state index in [1.165, 1.54) is 25.3 Å². The van der Waals surface area contributed by atoms with Gasteiger partial charge in [0.2, 0.25) is 0 Å². The fourth-order valence-electron chi connectivity index (χ4n) is 2.44. The lowest BCUT2D eigenvalue weighted by Crippen LogP contribution is -2.50. The molecule has 0 aromatic heterocycles. The van der Waals surface area contributed by atoms with E-state index in [-0.39, 0.29) is 24.1 Å². The molecule has 0 radical (unpaired) electrons. The summed E-state index contributed by atoms with van der Waals surface area (Å²) in [7, 11) is 1.40. The molecule has 1 aromatic rings. The number of rotatable bonds is 4. The second-order valence-electron chi connectivity index (χ2n) is 4.59. The first kappa shape index (κ1) is 13.3. The molecule has 2 N–H and O–H groups in total. The number of nitro groups is 1. The molecule has 19 heavy (non-hydrogen) atoms. The van der Waals surface area contributed by atoms with Crippen LogP contribution in [0.3, 0.4) is 0 Å². The van der Waals surface area contributed by atoms with Crippen molar-refractivity contribution in [2.75, 3.05) is 7.11 Å². The molecule has 0 unspecified atom stereocenters. The maximum atomic E-state index is 11.4. The number of carboxylic acids is 1. The number of methoxy groups -OCH3 is 1. The number of hydrogen-bond donors (Lipinski definition) is 2. The number of aliphatic carboxylic acids is 1. The molecule has 0 aliphatic heterocycles. The van der Waals surface area contributed by atoms with Crippen LogP contribution in [-0.2, 0) is 10.2 Å². The number of aliphatic hydroxyl groups is 1. The van der Waals surface area contributed by atoms with Gasteiger partial charge in [-0.25, -0.2) is 0 Å². The van der Waals surface area contributed by atoms with Crippen LogP contribution in [0.15, 0.2) is 18.2 Å². The minimum Gasteiger partial charge on any atom is -0.497 e. The average molecular weight is 267 g/mol. The molecule has 0 heterocycles. The van der Waals surface area contributed by atoms with E-state index in [9.17, 15) is 25.1 Å². The molecule has 0 spiro atoms. The van der Waals surface area contributed by atoms with Crippen molar-refractivity contribution >= 4 is 11.7 Å². The van der Waals surface area contributed by atoms with Gasteiger partial charge in [0.15, 0.2) is 0 Å². The van der Waals surface area contributed by atoms with Gasteiger partial charge in [-0.3, -0.25) is 14.9 Å². The van der Waals surface area contributed by atoms with Crippen LogP contribution in [0.2, 0.25) is 0 Å². The van der Waals surface area contributed by atoms with E-state index >= 15 is 0 Å². The first-order valence-electron chi connectivity index (χ1n) is 5.65. The predicted molar refractivity (Wildman–Crippen MR) is 64.2 cm³/mol. The summed E-state index contributed by atoms with van der Waals surface area (Å²) in [4.78, 5) is 21.9. The van der Waals surface area contributed by atoms with Gasteiger partial charge in [-0.1, -0.05) is 0 Å². The van der Waals surface area contributed by atoms with E-state index in [4.69, 9.17) is 4.74 Å². The summed E-state index contributed by atoms with van der Waals surface area (Å²) in [6.45, 7) is 0. The van der Waals surface area contributed by atoms with Crippen LogP contribution in [-0.4, -0.2) is 34.3 Å². The highest BCUT2D eigenvalue weighted by atomic mass is 16.6. The van der Waals surface area contributed by atoms with Crippen molar-refractivity contribution in [3.05, 3.63) is 33.9 Å². The Hall–Kier alpha value is -2.15. The second-order valence-corrected chi connectivity index (χ2v) is 4.59. The van der Waals surface area contributed by atoms with E-state index in [2.05, 4.69) is 0 Å². The number of nitrogens with zero attached hydrogens (tertiary/aromatic N) is 1. The van der Waals surface area contributed by atoms with Gasteiger partial charge in [0.1, 0.15) is 11.2 Å². The summed E-state index contributed by atoms with van der Waals surface area (Å²) in [5.74, 6) is -0.822. The van der Waals surface area contributed by atoms with Gasteiger partial charge in [-0.05, 0) is 25.0 Å². The van der Waals surface area contributed by atoms with Crippen molar-refractivity contribution in [1.82, 2.24) is 0 Å². The lowest BCUT2D eigenvalue weighted by molar-refractivity contribution is -0.386. The van der Waals surface area contributed by atoms with E-state index < -0.39 is 22.4 Å². The van der Waals surface area contributed by atoms with Gasteiger partial charge >= 0.3 is 5.97 Å². The number of carboxylic acid groups (broad SMARTS) is 1. The molecule has 0 saturated heterocycles. The first-order chi connectivity index (χ1) is 8.90. The zero-order chi connectivity index (χ0) is 14.2.